The highest BCUT2D eigenvalue weighted by atomic mass is 32.1. The maximum atomic E-state index is 12.3. The highest BCUT2D eigenvalue weighted by Crippen LogP contribution is 2.26. The van der Waals surface area contributed by atoms with Crippen LogP contribution >= 0.6 is 11.3 Å². The van der Waals surface area contributed by atoms with Crippen molar-refractivity contribution < 1.29 is 9.90 Å². The minimum atomic E-state index is -0.120. The average molecular weight is 284 g/mol. The molecule has 1 aromatic rings. The molecule has 0 spiro atoms. The van der Waals surface area contributed by atoms with Gasteiger partial charge in [-0.1, -0.05) is 25.2 Å². The first-order chi connectivity index (χ1) is 9.17. The van der Waals surface area contributed by atoms with E-state index in [1.807, 2.05) is 0 Å². The Morgan fingerprint density at radius 3 is 3.05 bits per heavy atom. The van der Waals surface area contributed by atoms with E-state index >= 15 is 0 Å². The summed E-state index contributed by atoms with van der Waals surface area (Å²) in [6.45, 7) is 5.64. The third-order valence-electron chi connectivity index (χ3n) is 3.46. The molecular weight excluding hydrogens is 264 g/mol. The second-order valence-corrected chi connectivity index (χ2v) is 5.83. The van der Waals surface area contributed by atoms with Crippen LogP contribution in [0.1, 0.15) is 36.5 Å². The van der Waals surface area contributed by atoms with Gasteiger partial charge in [0, 0.05) is 13.1 Å². The van der Waals surface area contributed by atoms with Gasteiger partial charge in [0.25, 0.3) is 5.91 Å². The van der Waals surface area contributed by atoms with Crippen molar-refractivity contribution in [3.05, 3.63) is 5.01 Å². The quantitative estimate of drug-likeness (QED) is 0.849. The van der Waals surface area contributed by atoms with E-state index < -0.39 is 0 Å². The van der Waals surface area contributed by atoms with E-state index in [4.69, 9.17) is 0 Å². The van der Waals surface area contributed by atoms with E-state index in [0.29, 0.717) is 22.6 Å². The van der Waals surface area contributed by atoms with Gasteiger partial charge in [-0.3, -0.25) is 4.79 Å². The molecule has 2 unspecified atom stereocenters. The van der Waals surface area contributed by atoms with Crippen molar-refractivity contribution in [1.82, 2.24) is 15.1 Å². The molecule has 1 fully saturated rings. The molecule has 106 valence electrons. The summed E-state index contributed by atoms with van der Waals surface area (Å²) >= 11 is 1.28. The van der Waals surface area contributed by atoms with Crippen molar-refractivity contribution in [3.8, 4) is 0 Å². The molecule has 1 amide bonds. The van der Waals surface area contributed by atoms with Crippen LogP contribution in [-0.2, 0) is 0 Å². The van der Waals surface area contributed by atoms with Crippen LogP contribution in [0.4, 0.5) is 5.13 Å². The zero-order valence-electron chi connectivity index (χ0n) is 11.3. The molecule has 0 aliphatic carbocycles. The van der Waals surface area contributed by atoms with Crippen LogP contribution in [0.2, 0.25) is 0 Å². The molecule has 1 aliphatic heterocycles. The Balaban J connectivity index is 2.05. The lowest BCUT2D eigenvalue weighted by Gasteiger charge is -2.23. The molecule has 2 N–H and O–H groups in total. The number of carbonyl (C=O) groups excluding carboxylic acids is 1. The van der Waals surface area contributed by atoms with Gasteiger partial charge in [0.05, 0.1) is 12.6 Å². The van der Waals surface area contributed by atoms with E-state index in [1.54, 1.807) is 4.90 Å². The SMILES string of the molecule is CCCNc1nnc(C(=O)N2CCC(C)C2CO)s1. The second-order valence-electron chi connectivity index (χ2n) is 4.85. The zero-order valence-corrected chi connectivity index (χ0v) is 12.1. The average Bonchev–Trinajstić information content (AvgIpc) is 3.02. The fourth-order valence-electron chi connectivity index (χ4n) is 2.27. The Hall–Kier alpha value is -1.21. The maximum Gasteiger partial charge on any atom is 0.285 e. The van der Waals surface area contributed by atoms with Crippen LogP contribution in [0.25, 0.3) is 0 Å². The fourth-order valence-corrected chi connectivity index (χ4v) is 3.00. The molecule has 2 heterocycles. The molecular formula is C12H20N4O2S. The Morgan fingerprint density at radius 2 is 2.37 bits per heavy atom. The van der Waals surface area contributed by atoms with Crippen molar-refractivity contribution >= 4 is 22.4 Å². The number of aliphatic hydroxyl groups is 1. The number of likely N-dealkylation sites (tertiary alicyclic amines) is 1. The van der Waals surface area contributed by atoms with Crippen LogP contribution in [0.5, 0.6) is 0 Å². The van der Waals surface area contributed by atoms with Crippen LogP contribution in [0, 0.1) is 5.92 Å². The fraction of sp³-hybridized carbons (Fsp3) is 0.750. The molecule has 1 saturated heterocycles. The first kappa shape index (κ1) is 14.2. The summed E-state index contributed by atoms with van der Waals surface area (Å²) in [5.41, 5.74) is 0. The van der Waals surface area contributed by atoms with Gasteiger partial charge in [-0.15, -0.1) is 10.2 Å². The summed E-state index contributed by atoms with van der Waals surface area (Å²) < 4.78 is 0. The standard InChI is InChI=1S/C12H20N4O2S/c1-3-5-13-12-15-14-10(19-12)11(18)16-6-4-8(2)9(16)7-17/h8-9,17H,3-7H2,1-2H3,(H,13,15). The monoisotopic (exact) mass is 284 g/mol. The molecule has 19 heavy (non-hydrogen) atoms. The Bertz CT molecular complexity index is 437. The number of rotatable bonds is 5. The summed E-state index contributed by atoms with van der Waals surface area (Å²) in [5.74, 6) is 0.213. The van der Waals surface area contributed by atoms with Gasteiger partial charge in [0.2, 0.25) is 10.1 Å². The van der Waals surface area contributed by atoms with Gasteiger partial charge < -0.3 is 15.3 Å². The highest BCUT2D eigenvalue weighted by Gasteiger charge is 2.35. The Labute approximate surface area is 116 Å². The van der Waals surface area contributed by atoms with Crippen LogP contribution < -0.4 is 5.32 Å². The first-order valence-electron chi connectivity index (χ1n) is 6.66. The largest absolute Gasteiger partial charge is 0.394 e. The lowest BCUT2D eigenvalue weighted by Crippen LogP contribution is -2.39. The lowest BCUT2D eigenvalue weighted by atomic mass is 10.0. The van der Waals surface area contributed by atoms with E-state index in [0.717, 1.165) is 19.4 Å². The molecule has 0 aromatic carbocycles. The van der Waals surface area contributed by atoms with E-state index in [2.05, 4.69) is 29.4 Å². The van der Waals surface area contributed by atoms with Crippen molar-refractivity contribution in [2.24, 2.45) is 5.92 Å². The smallest absolute Gasteiger partial charge is 0.285 e. The number of hydrogen-bond acceptors (Lipinski definition) is 6. The van der Waals surface area contributed by atoms with Gasteiger partial charge in [0.1, 0.15) is 0 Å². The number of hydrogen-bond donors (Lipinski definition) is 2. The minimum absolute atomic E-state index is 0.00660. The molecule has 2 atom stereocenters. The normalized spacial score (nSPS) is 22.8. The Kier molecular flexibility index (Phi) is 4.71. The summed E-state index contributed by atoms with van der Waals surface area (Å²) in [7, 11) is 0. The third kappa shape index (κ3) is 3.03. The topological polar surface area (TPSA) is 78.4 Å². The van der Waals surface area contributed by atoms with Gasteiger partial charge in [0.15, 0.2) is 0 Å². The predicted octanol–water partition coefficient (Wildman–Crippen LogP) is 1.20. The molecule has 1 aliphatic rings. The van der Waals surface area contributed by atoms with Crippen LogP contribution in [-0.4, -0.2) is 51.8 Å². The van der Waals surface area contributed by atoms with E-state index in [1.165, 1.54) is 11.3 Å². The first-order valence-corrected chi connectivity index (χ1v) is 7.48. The van der Waals surface area contributed by atoms with Crippen molar-refractivity contribution in [1.29, 1.82) is 0 Å². The number of nitrogens with one attached hydrogen (secondary N) is 1. The summed E-state index contributed by atoms with van der Waals surface area (Å²) in [4.78, 5) is 14.1. The molecule has 0 bridgehead atoms. The van der Waals surface area contributed by atoms with Crippen LogP contribution in [0.3, 0.4) is 0 Å². The van der Waals surface area contributed by atoms with Crippen molar-refractivity contribution in [2.45, 2.75) is 32.7 Å². The summed E-state index contributed by atoms with van der Waals surface area (Å²) in [5, 5.41) is 21.5. The van der Waals surface area contributed by atoms with Gasteiger partial charge >= 0.3 is 0 Å². The number of nitrogens with zero attached hydrogens (tertiary/aromatic N) is 3. The highest BCUT2D eigenvalue weighted by molar-refractivity contribution is 7.17. The second kappa shape index (κ2) is 6.29. The summed E-state index contributed by atoms with van der Waals surface area (Å²) in [6, 6.07) is -0.0940. The number of amides is 1. The minimum Gasteiger partial charge on any atom is -0.394 e. The van der Waals surface area contributed by atoms with Crippen LogP contribution in [0.15, 0.2) is 0 Å². The summed E-state index contributed by atoms with van der Waals surface area (Å²) in [6.07, 6.45) is 1.93. The van der Waals surface area contributed by atoms with Gasteiger partial charge in [-0.2, -0.15) is 0 Å². The molecule has 7 heteroatoms. The Morgan fingerprint density at radius 1 is 1.58 bits per heavy atom. The maximum absolute atomic E-state index is 12.3. The molecule has 0 radical (unpaired) electrons. The van der Waals surface area contributed by atoms with E-state index in [-0.39, 0.29) is 18.6 Å². The third-order valence-corrected chi connectivity index (χ3v) is 4.33. The predicted molar refractivity (Wildman–Crippen MR) is 74.4 cm³/mol. The number of carbonyl (C=O) groups is 1. The zero-order chi connectivity index (χ0) is 13.8. The van der Waals surface area contributed by atoms with Crippen molar-refractivity contribution in [2.75, 3.05) is 25.0 Å². The molecule has 0 saturated carbocycles. The number of aliphatic hydroxyl groups excluding tert-OH is 1. The van der Waals surface area contributed by atoms with Gasteiger partial charge in [-0.05, 0) is 18.8 Å². The molecule has 6 nitrogen and oxygen atoms in total. The number of anilines is 1. The lowest BCUT2D eigenvalue weighted by molar-refractivity contribution is 0.0647. The molecule has 2 rings (SSSR count). The number of aromatic nitrogens is 2. The van der Waals surface area contributed by atoms with Gasteiger partial charge in [-0.25, -0.2) is 0 Å². The van der Waals surface area contributed by atoms with E-state index in [9.17, 15) is 9.90 Å². The van der Waals surface area contributed by atoms with Crippen molar-refractivity contribution in [3.63, 3.8) is 0 Å². The molecule has 1 aromatic heterocycles.